The Morgan fingerprint density at radius 1 is 1.22 bits per heavy atom. The standard InChI is InChI=1S/C25H23N3O7S/c1-2-6-18-21(24(31)32)27-22(30)20(19(29)14-35-17-7-4-3-5-8-17)23(27)36-25(18,26)13-15-9-11-16(12-10-15)28(33)34/h2-12,20,23H,13-14,26H2,1H3,(H,31,32)/b6-2-/t20-,23-,25?/m1/s1. The molecule has 0 bridgehead atoms. The van der Waals surface area contributed by atoms with Gasteiger partial charge in [-0.25, -0.2) is 4.79 Å². The van der Waals surface area contributed by atoms with Gasteiger partial charge in [0, 0.05) is 24.1 Å². The Bertz CT molecular complexity index is 1280. The van der Waals surface area contributed by atoms with E-state index in [1.54, 1.807) is 61.5 Å². The van der Waals surface area contributed by atoms with E-state index in [4.69, 9.17) is 10.5 Å². The van der Waals surface area contributed by atoms with Crippen LogP contribution in [0, 0.1) is 16.0 Å². The van der Waals surface area contributed by atoms with Crippen LogP contribution < -0.4 is 10.5 Å². The minimum absolute atomic E-state index is 0.0867. The molecule has 36 heavy (non-hydrogen) atoms. The first-order valence-electron chi connectivity index (χ1n) is 11.0. The van der Waals surface area contributed by atoms with E-state index < -0.39 is 38.7 Å². The number of nitrogens with zero attached hydrogens (tertiary/aromatic N) is 2. The third-order valence-corrected chi connectivity index (χ3v) is 7.46. The van der Waals surface area contributed by atoms with Gasteiger partial charge < -0.3 is 15.6 Å². The predicted octanol–water partition coefficient (Wildman–Crippen LogP) is 2.89. The summed E-state index contributed by atoms with van der Waals surface area (Å²) >= 11 is 1.12. The number of amides is 1. The molecule has 2 heterocycles. The first-order valence-corrected chi connectivity index (χ1v) is 11.9. The molecule has 2 aliphatic heterocycles. The zero-order valence-electron chi connectivity index (χ0n) is 19.2. The van der Waals surface area contributed by atoms with Crippen LogP contribution in [0.25, 0.3) is 0 Å². The molecule has 0 radical (unpaired) electrons. The number of ether oxygens (including phenoxy) is 1. The van der Waals surface area contributed by atoms with E-state index in [1.807, 2.05) is 0 Å². The molecule has 1 unspecified atom stereocenters. The molecular formula is C25H23N3O7S. The van der Waals surface area contributed by atoms with Crippen molar-refractivity contribution < 1.29 is 29.2 Å². The average molecular weight is 510 g/mol. The number of thioether (sulfide) groups is 1. The second-order valence-electron chi connectivity index (χ2n) is 8.32. The van der Waals surface area contributed by atoms with Gasteiger partial charge in [-0.2, -0.15) is 0 Å². The van der Waals surface area contributed by atoms with Crippen LogP contribution in [0.15, 0.2) is 78.0 Å². The summed E-state index contributed by atoms with van der Waals surface area (Å²) in [6.45, 7) is 1.35. The zero-order valence-corrected chi connectivity index (χ0v) is 20.0. The van der Waals surface area contributed by atoms with Crippen molar-refractivity contribution in [3.05, 3.63) is 93.7 Å². The Morgan fingerprint density at radius 3 is 2.47 bits per heavy atom. The Kier molecular flexibility index (Phi) is 6.95. The smallest absolute Gasteiger partial charge is 0.353 e. The largest absolute Gasteiger partial charge is 0.486 e. The molecule has 1 fully saturated rings. The maximum Gasteiger partial charge on any atom is 0.353 e. The van der Waals surface area contributed by atoms with E-state index >= 15 is 0 Å². The lowest BCUT2D eigenvalue weighted by Crippen LogP contribution is -2.68. The molecule has 0 spiro atoms. The van der Waals surface area contributed by atoms with Crippen LogP contribution in [0.2, 0.25) is 0 Å². The second-order valence-corrected chi connectivity index (χ2v) is 9.77. The average Bonchev–Trinajstić information content (AvgIpc) is 2.85. The van der Waals surface area contributed by atoms with Crippen LogP contribution in [0.1, 0.15) is 12.5 Å². The molecular weight excluding hydrogens is 486 g/mol. The monoisotopic (exact) mass is 509 g/mol. The van der Waals surface area contributed by atoms with Crippen molar-refractivity contribution in [2.45, 2.75) is 23.6 Å². The molecule has 0 aromatic heterocycles. The summed E-state index contributed by atoms with van der Waals surface area (Å²) in [5.74, 6) is -3.08. The molecule has 2 aromatic rings. The number of rotatable bonds is 9. The molecule has 3 N–H and O–H groups in total. The van der Waals surface area contributed by atoms with Crippen LogP contribution in [-0.2, 0) is 20.8 Å². The van der Waals surface area contributed by atoms with Crippen LogP contribution in [0.3, 0.4) is 0 Å². The summed E-state index contributed by atoms with van der Waals surface area (Å²) < 4.78 is 5.51. The highest BCUT2D eigenvalue weighted by atomic mass is 32.2. The normalized spacial score (nSPS) is 23.3. The van der Waals surface area contributed by atoms with Gasteiger partial charge in [0.1, 0.15) is 29.3 Å². The SMILES string of the molecule is C/C=C\C1=C(C(=O)O)N2C(=O)[C@@H](C(=O)COc3ccccc3)[C@H]2SC1(N)Cc1ccc([N+](=O)[O-])cc1. The zero-order chi connectivity index (χ0) is 26.0. The van der Waals surface area contributed by atoms with Crippen molar-refractivity contribution in [2.24, 2.45) is 11.7 Å². The minimum Gasteiger partial charge on any atom is -0.486 e. The lowest BCUT2D eigenvalue weighted by Gasteiger charge is -2.53. The van der Waals surface area contributed by atoms with E-state index in [0.717, 1.165) is 16.7 Å². The quantitative estimate of drug-likeness (QED) is 0.225. The van der Waals surface area contributed by atoms with Crippen LogP contribution in [0.5, 0.6) is 5.75 Å². The highest BCUT2D eigenvalue weighted by Gasteiger charge is 2.60. The Balaban J connectivity index is 1.65. The summed E-state index contributed by atoms with van der Waals surface area (Å²) in [5.41, 5.74) is 7.27. The topological polar surface area (TPSA) is 153 Å². The number of para-hydroxylation sites is 1. The molecule has 0 saturated carbocycles. The number of fused-ring (bicyclic) bond motifs is 1. The highest BCUT2D eigenvalue weighted by molar-refractivity contribution is 8.01. The molecule has 11 heteroatoms. The van der Waals surface area contributed by atoms with Crippen molar-refractivity contribution in [2.75, 3.05) is 6.61 Å². The number of carbonyl (C=O) groups excluding carboxylic acids is 2. The number of aliphatic carboxylic acids is 1. The number of carboxylic acids is 1. The summed E-state index contributed by atoms with van der Waals surface area (Å²) in [4.78, 5) is 48.5. The van der Waals surface area contributed by atoms with Crippen molar-refractivity contribution in [3.63, 3.8) is 0 Å². The maximum atomic E-state index is 13.0. The Morgan fingerprint density at radius 2 is 1.89 bits per heavy atom. The number of ketones is 1. The number of carboxylic acid groups (broad SMARTS) is 1. The molecule has 10 nitrogen and oxygen atoms in total. The first-order chi connectivity index (χ1) is 17.2. The van der Waals surface area contributed by atoms with E-state index in [-0.39, 0.29) is 30.0 Å². The molecule has 186 valence electrons. The number of nitro groups is 1. The van der Waals surface area contributed by atoms with Crippen molar-refractivity contribution in [1.29, 1.82) is 0 Å². The van der Waals surface area contributed by atoms with Gasteiger partial charge in [-0.15, -0.1) is 11.8 Å². The van der Waals surface area contributed by atoms with E-state index in [1.165, 1.54) is 12.1 Å². The van der Waals surface area contributed by atoms with Crippen LogP contribution >= 0.6 is 11.8 Å². The number of Topliss-reactive ketones (excluding diaryl/α,β-unsaturated/α-hetero) is 1. The molecule has 2 aromatic carbocycles. The number of carbonyl (C=O) groups is 3. The fourth-order valence-electron chi connectivity index (χ4n) is 4.27. The number of hydrogen-bond acceptors (Lipinski definition) is 8. The lowest BCUT2D eigenvalue weighted by molar-refractivity contribution is -0.384. The van der Waals surface area contributed by atoms with E-state index in [9.17, 15) is 29.6 Å². The third-order valence-electron chi connectivity index (χ3n) is 5.95. The number of allylic oxidation sites excluding steroid dienone is 1. The number of nitrogens with two attached hydrogens (primary N) is 1. The molecule has 4 rings (SSSR count). The van der Waals surface area contributed by atoms with Crippen molar-refractivity contribution >= 4 is 35.1 Å². The number of nitro benzene ring substituents is 1. The highest BCUT2D eigenvalue weighted by Crippen LogP contribution is 2.52. The number of β-lactam (4-membered cyclic amide) rings is 1. The van der Waals surface area contributed by atoms with E-state index in [0.29, 0.717) is 11.3 Å². The third kappa shape index (κ3) is 4.62. The van der Waals surface area contributed by atoms with Gasteiger partial charge in [0.2, 0.25) is 5.91 Å². The number of hydrogen-bond donors (Lipinski definition) is 2. The lowest BCUT2D eigenvalue weighted by atomic mass is 9.88. The van der Waals surface area contributed by atoms with Gasteiger partial charge in [-0.3, -0.25) is 24.6 Å². The van der Waals surface area contributed by atoms with Crippen LogP contribution in [0.4, 0.5) is 5.69 Å². The summed E-state index contributed by atoms with van der Waals surface area (Å²) in [5, 5.41) is 20.2. The van der Waals surface area contributed by atoms with Crippen molar-refractivity contribution in [3.8, 4) is 5.75 Å². The van der Waals surface area contributed by atoms with Gasteiger partial charge >= 0.3 is 5.97 Å². The number of non-ortho nitro benzene ring substituents is 1. The maximum absolute atomic E-state index is 13.0. The second kappa shape index (κ2) is 9.96. The molecule has 1 amide bonds. The summed E-state index contributed by atoms with van der Waals surface area (Å²) in [6.07, 6.45) is 3.28. The predicted molar refractivity (Wildman–Crippen MR) is 132 cm³/mol. The summed E-state index contributed by atoms with van der Waals surface area (Å²) in [7, 11) is 0. The van der Waals surface area contributed by atoms with Gasteiger partial charge in [0.15, 0.2) is 5.78 Å². The van der Waals surface area contributed by atoms with Gasteiger partial charge in [0.05, 0.1) is 9.79 Å². The molecule has 0 aliphatic carbocycles. The molecule has 2 aliphatic rings. The van der Waals surface area contributed by atoms with Crippen LogP contribution in [-0.4, -0.2) is 49.4 Å². The minimum atomic E-state index is -1.34. The Labute approximate surface area is 210 Å². The Hall–Kier alpha value is -3.96. The van der Waals surface area contributed by atoms with Gasteiger partial charge in [0.25, 0.3) is 5.69 Å². The number of benzene rings is 2. The van der Waals surface area contributed by atoms with Crippen molar-refractivity contribution in [1.82, 2.24) is 4.90 Å². The van der Waals surface area contributed by atoms with Gasteiger partial charge in [-0.1, -0.05) is 42.5 Å². The fourth-order valence-corrected chi connectivity index (χ4v) is 5.96. The van der Waals surface area contributed by atoms with Gasteiger partial charge in [-0.05, 0) is 24.6 Å². The molecule has 1 saturated heterocycles. The fraction of sp³-hybridized carbons (Fsp3) is 0.240. The molecule has 3 atom stereocenters. The first kappa shape index (κ1) is 25.1. The summed E-state index contributed by atoms with van der Waals surface area (Å²) in [6, 6.07) is 14.5. The van der Waals surface area contributed by atoms with E-state index in [2.05, 4.69) is 0 Å².